The topological polar surface area (TPSA) is 51.0 Å². The number of thioether (sulfide) groups is 1. The first kappa shape index (κ1) is 12.9. The molecule has 0 aromatic carbocycles. The maximum Gasteiger partial charge on any atom is 0.223 e. The lowest BCUT2D eigenvalue weighted by atomic mass is 9.95. The van der Waals surface area contributed by atoms with Gasteiger partial charge in [-0.1, -0.05) is 24.9 Å². The second kappa shape index (κ2) is 6.40. The number of rotatable bonds is 5. The van der Waals surface area contributed by atoms with Gasteiger partial charge in [-0.25, -0.2) is 0 Å². The molecule has 1 heterocycles. The minimum atomic E-state index is 0.604. The van der Waals surface area contributed by atoms with E-state index in [0.717, 1.165) is 17.6 Å². The lowest BCUT2D eigenvalue weighted by molar-refractivity contribution is 0.364. The average molecular weight is 255 g/mol. The highest BCUT2D eigenvalue weighted by atomic mass is 32.2. The second-order valence-electron chi connectivity index (χ2n) is 4.50. The summed E-state index contributed by atoms with van der Waals surface area (Å²) in [7, 11) is 0. The van der Waals surface area contributed by atoms with E-state index in [1.807, 2.05) is 6.92 Å². The molecule has 1 saturated carbocycles. The number of aromatic nitrogens is 2. The SMILES string of the molecule is CCS[C@H]1CCCC[C@H]1NCc1noc(C)n1. The first-order valence-corrected chi connectivity index (χ1v) is 7.48. The molecule has 1 fully saturated rings. The summed E-state index contributed by atoms with van der Waals surface area (Å²) in [4.78, 5) is 4.22. The standard InChI is InChI=1S/C12H21N3OS/c1-3-17-11-7-5-4-6-10(11)13-8-12-14-9(2)16-15-12/h10-11,13H,3-8H2,1-2H3/t10-,11+/m1/s1. The smallest absolute Gasteiger partial charge is 0.223 e. The van der Waals surface area contributed by atoms with Gasteiger partial charge in [-0.3, -0.25) is 0 Å². The third kappa shape index (κ3) is 3.71. The number of nitrogens with one attached hydrogen (secondary N) is 1. The van der Waals surface area contributed by atoms with Gasteiger partial charge >= 0.3 is 0 Å². The molecular formula is C12H21N3OS. The normalized spacial score (nSPS) is 25.1. The highest BCUT2D eigenvalue weighted by Crippen LogP contribution is 2.28. The van der Waals surface area contributed by atoms with Crippen LogP contribution in [-0.2, 0) is 6.54 Å². The predicted octanol–water partition coefficient (Wildman–Crippen LogP) is 2.53. The molecule has 0 aliphatic heterocycles. The van der Waals surface area contributed by atoms with Crippen molar-refractivity contribution in [1.82, 2.24) is 15.5 Å². The highest BCUT2D eigenvalue weighted by Gasteiger charge is 2.24. The fourth-order valence-corrected chi connectivity index (χ4v) is 3.61. The molecule has 17 heavy (non-hydrogen) atoms. The van der Waals surface area contributed by atoms with E-state index >= 15 is 0 Å². The molecule has 0 bridgehead atoms. The Balaban J connectivity index is 1.83. The van der Waals surface area contributed by atoms with E-state index in [-0.39, 0.29) is 0 Å². The fourth-order valence-electron chi connectivity index (χ4n) is 2.38. The lowest BCUT2D eigenvalue weighted by Crippen LogP contribution is -2.40. The molecule has 5 heteroatoms. The van der Waals surface area contributed by atoms with Crippen molar-refractivity contribution in [2.24, 2.45) is 0 Å². The molecule has 0 amide bonds. The van der Waals surface area contributed by atoms with Crippen LogP contribution in [0.25, 0.3) is 0 Å². The molecule has 2 rings (SSSR count). The Bertz CT molecular complexity index is 340. The summed E-state index contributed by atoms with van der Waals surface area (Å²) in [5.41, 5.74) is 0. The molecule has 1 aromatic rings. The van der Waals surface area contributed by atoms with Crippen LogP contribution in [0.1, 0.15) is 44.3 Å². The van der Waals surface area contributed by atoms with Gasteiger partial charge < -0.3 is 9.84 Å². The van der Waals surface area contributed by atoms with Gasteiger partial charge in [-0.05, 0) is 18.6 Å². The molecule has 1 aliphatic rings. The third-order valence-corrected chi connectivity index (χ3v) is 4.50. The minimum Gasteiger partial charge on any atom is -0.340 e. The summed E-state index contributed by atoms with van der Waals surface area (Å²) in [6.07, 6.45) is 5.32. The predicted molar refractivity (Wildman–Crippen MR) is 70.1 cm³/mol. The van der Waals surface area contributed by atoms with E-state index in [1.54, 1.807) is 0 Å². The van der Waals surface area contributed by atoms with Gasteiger partial charge in [0.15, 0.2) is 5.82 Å². The van der Waals surface area contributed by atoms with Crippen molar-refractivity contribution >= 4 is 11.8 Å². The summed E-state index contributed by atoms with van der Waals surface area (Å²) in [6, 6.07) is 0.604. The van der Waals surface area contributed by atoms with Gasteiger partial charge in [0, 0.05) is 18.2 Å². The summed E-state index contributed by atoms with van der Waals surface area (Å²) in [6.45, 7) is 4.79. The number of hydrogen-bond donors (Lipinski definition) is 1. The Morgan fingerprint density at radius 3 is 2.94 bits per heavy atom. The molecule has 2 atom stereocenters. The molecule has 1 N–H and O–H groups in total. The van der Waals surface area contributed by atoms with Gasteiger partial charge in [0.2, 0.25) is 5.89 Å². The first-order chi connectivity index (χ1) is 8.29. The summed E-state index contributed by atoms with van der Waals surface area (Å²) in [5.74, 6) is 2.61. The van der Waals surface area contributed by atoms with Crippen LogP contribution in [-0.4, -0.2) is 27.2 Å². The van der Waals surface area contributed by atoms with Gasteiger partial charge in [0.1, 0.15) is 0 Å². The van der Waals surface area contributed by atoms with Crippen LogP contribution in [0.4, 0.5) is 0 Å². The zero-order valence-corrected chi connectivity index (χ0v) is 11.4. The van der Waals surface area contributed by atoms with Crippen LogP contribution in [0.3, 0.4) is 0 Å². The van der Waals surface area contributed by atoms with E-state index in [1.165, 1.54) is 31.4 Å². The summed E-state index contributed by atoms with van der Waals surface area (Å²) >= 11 is 2.07. The van der Waals surface area contributed by atoms with Crippen molar-refractivity contribution < 1.29 is 4.52 Å². The van der Waals surface area contributed by atoms with Crippen LogP contribution < -0.4 is 5.32 Å². The van der Waals surface area contributed by atoms with Crippen molar-refractivity contribution in [2.75, 3.05) is 5.75 Å². The van der Waals surface area contributed by atoms with Crippen LogP contribution in [0.5, 0.6) is 0 Å². The maximum absolute atomic E-state index is 4.97. The average Bonchev–Trinajstić information content (AvgIpc) is 2.74. The van der Waals surface area contributed by atoms with Crippen molar-refractivity contribution in [3.63, 3.8) is 0 Å². The van der Waals surface area contributed by atoms with Crippen LogP contribution in [0, 0.1) is 6.92 Å². The van der Waals surface area contributed by atoms with Crippen molar-refractivity contribution in [3.05, 3.63) is 11.7 Å². The zero-order chi connectivity index (χ0) is 12.1. The van der Waals surface area contributed by atoms with Crippen molar-refractivity contribution in [3.8, 4) is 0 Å². The van der Waals surface area contributed by atoms with Gasteiger partial charge in [-0.2, -0.15) is 16.7 Å². The first-order valence-electron chi connectivity index (χ1n) is 6.43. The molecule has 0 saturated heterocycles. The van der Waals surface area contributed by atoms with Crippen molar-refractivity contribution in [2.45, 2.75) is 57.4 Å². The second-order valence-corrected chi connectivity index (χ2v) is 6.01. The summed E-state index contributed by atoms with van der Waals surface area (Å²) in [5, 5.41) is 8.25. The Hall–Kier alpha value is -0.550. The Morgan fingerprint density at radius 2 is 2.24 bits per heavy atom. The maximum atomic E-state index is 4.97. The van der Waals surface area contributed by atoms with E-state index in [0.29, 0.717) is 11.9 Å². The molecule has 4 nitrogen and oxygen atoms in total. The largest absolute Gasteiger partial charge is 0.340 e. The zero-order valence-electron chi connectivity index (χ0n) is 10.6. The van der Waals surface area contributed by atoms with Crippen molar-refractivity contribution in [1.29, 1.82) is 0 Å². The van der Waals surface area contributed by atoms with E-state index in [2.05, 4.69) is 34.1 Å². The van der Waals surface area contributed by atoms with E-state index in [9.17, 15) is 0 Å². The Labute approximate surface area is 107 Å². The quantitative estimate of drug-likeness (QED) is 0.876. The number of aryl methyl sites for hydroxylation is 1. The molecule has 0 spiro atoms. The van der Waals surface area contributed by atoms with E-state index in [4.69, 9.17) is 4.52 Å². The molecule has 1 aromatic heterocycles. The minimum absolute atomic E-state index is 0.604. The monoisotopic (exact) mass is 255 g/mol. The highest BCUT2D eigenvalue weighted by molar-refractivity contribution is 7.99. The molecule has 0 radical (unpaired) electrons. The van der Waals surface area contributed by atoms with E-state index < -0.39 is 0 Å². The van der Waals surface area contributed by atoms with Crippen LogP contribution in [0.15, 0.2) is 4.52 Å². The lowest BCUT2D eigenvalue weighted by Gasteiger charge is -2.31. The van der Waals surface area contributed by atoms with Crippen LogP contribution >= 0.6 is 11.8 Å². The number of nitrogens with zero attached hydrogens (tertiary/aromatic N) is 2. The molecule has 96 valence electrons. The van der Waals surface area contributed by atoms with Gasteiger partial charge in [0.05, 0.1) is 6.54 Å². The Morgan fingerprint density at radius 1 is 1.41 bits per heavy atom. The molecular weight excluding hydrogens is 234 g/mol. The van der Waals surface area contributed by atoms with Gasteiger partial charge in [-0.15, -0.1) is 0 Å². The Kier molecular flexibility index (Phi) is 4.86. The van der Waals surface area contributed by atoms with Crippen LogP contribution in [0.2, 0.25) is 0 Å². The fraction of sp³-hybridized carbons (Fsp3) is 0.833. The summed E-state index contributed by atoms with van der Waals surface area (Å²) < 4.78 is 4.97. The van der Waals surface area contributed by atoms with Gasteiger partial charge in [0.25, 0.3) is 0 Å². The molecule has 1 aliphatic carbocycles. The molecule has 0 unspecified atom stereocenters. The third-order valence-electron chi connectivity index (χ3n) is 3.18. The number of hydrogen-bond acceptors (Lipinski definition) is 5.